The summed E-state index contributed by atoms with van der Waals surface area (Å²) in [4.78, 5) is 12.0. The first-order valence-electron chi connectivity index (χ1n) is 9.97. The van der Waals surface area contributed by atoms with Crippen molar-refractivity contribution in [3.63, 3.8) is 0 Å². The van der Waals surface area contributed by atoms with Crippen molar-refractivity contribution in [3.8, 4) is 0 Å². The Balaban J connectivity index is 2.06. The molecule has 1 heterocycles. The molecule has 0 bridgehead atoms. The van der Waals surface area contributed by atoms with E-state index in [1.54, 1.807) is 23.9 Å². The van der Waals surface area contributed by atoms with Crippen LogP contribution in [0.4, 0.5) is 10.1 Å². The van der Waals surface area contributed by atoms with Crippen molar-refractivity contribution in [2.45, 2.75) is 32.9 Å². The number of nitrogens with zero attached hydrogens (tertiary/aromatic N) is 4. The van der Waals surface area contributed by atoms with Gasteiger partial charge in [-0.1, -0.05) is 19.1 Å². The predicted molar refractivity (Wildman–Crippen MR) is 113 cm³/mol. The van der Waals surface area contributed by atoms with Gasteiger partial charge in [0.15, 0.2) is 5.82 Å². The van der Waals surface area contributed by atoms with Crippen molar-refractivity contribution in [2.75, 3.05) is 26.1 Å². The van der Waals surface area contributed by atoms with Gasteiger partial charge >= 0.3 is 5.97 Å². The van der Waals surface area contributed by atoms with E-state index in [0.29, 0.717) is 31.0 Å². The van der Waals surface area contributed by atoms with Crippen LogP contribution in [0.25, 0.3) is 0 Å². The van der Waals surface area contributed by atoms with Gasteiger partial charge < -0.3 is 14.8 Å². The van der Waals surface area contributed by atoms with Crippen LogP contribution in [0.15, 0.2) is 36.4 Å². The zero-order chi connectivity index (χ0) is 22.4. The fraction of sp³-hybridized carbons (Fsp3) is 0.364. The Morgan fingerprint density at radius 1 is 1.23 bits per heavy atom. The first kappa shape index (κ1) is 22.4. The molecule has 0 saturated heterocycles. The van der Waals surface area contributed by atoms with Crippen molar-refractivity contribution in [2.24, 2.45) is 0 Å². The van der Waals surface area contributed by atoms with Crippen molar-refractivity contribution >= 4 is 11.7 Å². The van der Waals surface area contributed by atoms with Crippen LogP contribution >= 0.6 is 0 Å². The fourth-order valence-corrected chi connectivity index (χ4v) is 3.41. The standard InChI is InChI=1S/C22H26FN5O3/c1-5-15-13-17(23)7-9-19(15)24-20(21-25-26-27-28(21)10-11-30-3)16-6-8-18(14(2)12-16)22(29)31-4/h6-9,12-13,20,24H,5,10-11H2,1-4H3. The number of hydrogen-bond donors (Lipinski definition) is 1. The lowest BCUT2D eigenvalue weighted by Crippen LogP contribution is -2.21. The highest BCUT2D eigenvalue weighted by molar-refractivity contribution is 5.91. The largest absolute Gasteiger partial charge is 0.465 e. The molecule has 1 unspecified atom stereocenters. The van der Waals surface area contributed by atoms with Gasteiger partial charge in [0.25, 0.3) is 0 Å². The molecular formula is C22H26FN5O3. The molecule has 164 valence electrons. The molecule has 0 aliphatic heterocycles. The molecule has 0 spiro atoms. The number of carbonyl (C=O) groups is 1. The number of benzene rings is 2. The van der Waals surface area contributed by atoms with Gasteiger partial charge in [0.1, 0.15) is 11.9 Å². The number of anilines is 1. The molecule has 3 rings (SSSR count). The molecule has 0 amide bonds. The average Bonchev–Trinajstić information content (AvgIpc) is 3.24. The van der Waals surface area contributed by atoms with E-state index in [1.165, 1.54) is 19.2 Å². The maximum absolute atomic E-state index is 13.8. The Morgan fingerprint density at radius 2 is 2.03 bits per heavy atom. The van der Waals surface area contributed by atoms with Crippen LogP contribution in [0, 0.1) is 12.7 Å². The lowest BCUT2D eigenvalue weighted by Gasteiger charge is -2.22. The minimum absolute atomic E-state index is 0.290. The summed E-state index contributed by atoms with van der Waals surface area (Å²) in [7, 11) is 2.96. The summed E-state index contributed by atoms with van der Waals surface area (Å²) in [5.41, 5.74) is 3.72. The maximum atomic E-state index is 13.8. The zero-order valence-electron chi connectivity index (χ0n) is 18.1. The zero-order valence-corrected chi connectivity index (χ0v) is 18.1. The van der Waals surface area contributed by atoms with Crippen molar-refractivity contribution in [3.05, 3.63) is 70.3 Å². The molecule has 1 atom stereocenters. The van der Waals surface area contributed by atoms with Crippen LogP contribution < -0.4 is 5.32 Å². The molecule has 1 N–H and O–H groups in total. The van der Waals surface area contributed by atoms with E-state index in [9.17, 15) is 9.18 Å². The van der Waals surface area contributed by atoms with Crippen LogP contribution in [0.1, 0.15) is 45.8 Å². The first-order chi connectivity index (χ1) is 15.0. The smallest absolute Gasteiger partial charge is 0.338 e. The second-order valence-corrected chi connectivity index (χ2v) is 7.05. The number of rotatable bonds is 9. The first-order valence-corrected chi connectivity index (χ1v) is 9.97. The third-order valence-corrected chi connectivity index (χ3v) is 5.06. The summed E-state index contributed by atoms with van der Waals surface area (Å²) in [6.45, 7) is 4.73. The number of tetrazole rings is 1. The van der Waals surface area contributed by atoms with Crippen LogP contribution in [-0.4, -0.2) is 47.0 Å². The fourth-order valence-electron chi connectivity index (χ4n) is 3.41. The number of aryl methyl sites for hydroxylation is 2. The molecule has 3 aromatic rings. The molecule has 0 radical (unpaired) electrons. The Bertz CT molecular complexity index is 1050. The van der Waals surface area contributed by atoms with Gasteiger partial charge in [-0.05, 0) is 64.7 Å². The number of halogens is 1. The maximum Gasteiger partial charge on any atom is 0.338 e. The monoisotopic (exact) mass is 427 g/mol. The van der Waals surface area contributed by atoms with Gasteiger partial charge in [-0.3, -0.25) is 0 Å². The molecule has 31 heavy (non-hydrogen) atoms. The molecule has 0 aliphatic rings. The highest BCUT2D eigenvalue weighted by Gasteiger charge is 2.24. The SMILES string of the molecule is CCc1cc(F)ccc1NC(c1ccc(C(=O)OC)c(C)c1)c1nnnn1CCOC. The van der Waals surface area contributed by atoms with Crippen LogP contribution in [0.2, 0.25) is 0 Å². The molecular weight excluding hydrogens is 401 g/mol. The Hall–Kier alpha value is -3.33. The molecule has 0 fully saturated rings. The van der Waals surface area contributed by atoms with E-state index in [1.807, 2.05) is 26.0 Å². The molecule has 0 aliphatic carbocycles. The Labute approximate surface area is 180 Å². The van der Waals surface area contributed by atoms with Gasteiger partial charge in [0.05, 0.1) is 25.8 Å². The van der Waals surface area contributed by atoms with E-state index in [-0.39, 0.29) is 5.82 Å². The van der Waals surface area contributed by atoms with E-state index in [4.69, 9.17) is 9.47 Å². The number of hydrogen-bond acceptors (Lipinski definition) is 7. The van der Waals surface area contributed by atoms with Crippen LogP contribution in [0.3, 0.4) is 0 Å². The predicted octanol–water partition coefficient (Wildman–Crippen LogP) is 3.32. The van der Waals surface area contributed by atoms with Gasteiger partial charge in [0, 0.05) is 12.8 Å². The summed E-state index contributed by atoms with van der Waals surface area (Å²) < 4.78 is 25.4. The van der Waals surface area contributed by atoms with Gasteiger partial charge in [-0.2, -0.15) is 0 Å². The summed E-state index contributed by atoms with van der Waals surface area (Å²) in [6.07, 6.45) is 0.654. The number of methoxy groups -OCH3 is 2. The van der Waals surface area contributed by atoms with Crippen molar-refractivity contribution < 1.29 is 18.7 Å². The molecule has 8 nitrogen and oxygen atoms in total. The quantitative estimate of drug-likeness (QED) is 0.524. The Kier molecular flexibility index (Phi) is 7.30. The Morgan fingerprint density at radius 3 is 2.71 bits per heavy atom. The second kappa shape index (κ2) is 10.1. The number of nitrogens with one attached hydrogen (secondary N) is 1. The van der Waals surface area contributed by atoms with Gasteiger partial charge in [0.2, 0.25) is 0 Å². The van der Waals surface area contributed by atoms with Crippen molar-refractivity contribution in [1.29, 1.82) is 0 Å². The lowest BCUT2D eigenvalue weighted by atomic mass is 9.98. The lowest BCUT2D eigenvalue weighted by molar-refractivity contribution is 0.0600. The second-order valence-electron chi connectivity index (χ2n) is 7.05. The number of esters is 1. The molecule has 0 saturated carbocycles. The van der Waals surface area contributed by atoms with Gasteiger partial charge in [-0.15, -0.1) is 5.10 Å². The minimum atomic E-state index is -0.437. The van der Waals surface area contributed by atoms with E-state index >= 15 is 0 Å². The third-order valence-electron chi connectivity index (χ3n) is 5.06. The third kappa shape index (κ3) is 5.05. The summed E-state index contributed by atoms with van der Waals surface area (Å²) >= 11 is 0. The average molecular weight is 427 g/mol. The summed E-state index contributed by atoms with van der Waals surface area (Å²) in [5.74, 6) is -0.110. The van der Waals surface area contributed by atoms with Gasteiger partial charge in [-0.25, -0.2) is 13.9 Å². The van der Waals surface area contributed by atoms with E-state index in [2.05, 4.69) is 20.8 Å². The normalized spacial score (nSPS) is 11.9. The molecule has 2 aromatic carbocycles. The highest BCUT2D eigenvalue weighted by Crippen LogP contribution is 2.29. The molecule has 9 heteroatoms. The summed E-state index contributed by atoms with van der Waals surface area (Å²) in [5, 5.41) is 15.6. The summed E-state index contributed by atoms with van der Waals surface area (Å²) in [6, 6.07) is 9.65. The van der Waals surface area contributed by atoms with Crippen LogP contribution in [0.5, 0.6) is 0 Å². The minimum Gasteiger partial charge on any atom is -0.465 e. The van der Waals surface area contributed by atoms with E-state index in [0.717, 1.165) is 22.4 Å². The van der Waals surface area contributed by atoms with Crippen molar-refractivity contribution in [1.82, 2.24) is 20.2 Å². The number of carbonyl (C=O) groups excluding carboxylic acids is 1. The number of aromatic nitrogens is 4. The number of ether oxygens (including phenoxy) is 2. The molecule has 1 aromatic heterocycles. The topological polar surface area (TPSA) is 91.2 Å². The highest BCUT2D eigenvalue weighted by atomic mass is 19.1. The van der Waals surface area contributed by atoms with E-state index < -0.39 is 12.0 Å². The van der Waals surface area contributed by atoms with Crippen LogP contribution in [-0.2, 0) is 22.4 Å².